The molecule has 2 aromatic carbocycles. The zero-order chi connectivity index (χ0) is 18.1. The molecule has 1 N–H and O–H groups in total. The molecule has 0 spiro atoms. The predicted molar refractivity (Wildman–Crippen MR) is 99.2 cm³/mol. The summed E-state index contributed by atoms with van der Waals surface area (Å²) in [6, 6.07) is 15.9. The topological polar surface area (TPSA) is 55.4 Å². The van der Waals surface area contributed by atoms with Gasteiger partial charge in [0.05, 0.1) is 6.61 Å². The summed E-state index contributed by atoms with van der Waals surface area (Å²) in [5.41, 5.74) is 1.75. The first-order chi connectivity index (χ1) is 12.1. The van der Waals surface area contributed by atoms with E-state index >= 15 is 0 Å². The van der Waals surface area contributed by atoms with Crippen LogP contribution in [0.3, 0.4) is 0 Å². The van der Waals surface area contributed by atoms with E-state index in [-0.39, 0.29) is 12.5 Å². The zero-order valence-corrected chi connectivity index (χ0v) is 14.7. The van der Waals surface area contributed by atoms with Crippen molar-refractivity contribution in [3.8, 4) is 0 Å². The molecule has 1 atom stereocenters. The van der Waals surface area contributed by atoms with Crippen LogP contribution in [0.25, 0.3) is 6.08 Å². The first-order valence-electron chi connectivity index (χ1n) is 8.03. The molecule has 25 heavy (non-hydrogen) atoms. The number of benzene rings is 2. The van der Waals surface area contributed by atoms with Gasteiger partial charge >= 0.3 is 5.97 Å². The predicted octanol–water partition coefficient (Wildman–Crippen LogP) is 3.64. The van der Waals surface area contributed by atoms with Crippen molar-refractivity contribution in [3.05, 3.63) is 76.8 Å². The van der Waals surface area contributed by atoms with Crippen LogP contribution in [0.5, 0.6) is 0 Å². The summed E-state index contributed by atoms with van der Waals surface area (Å²) in [5.74, 6) is -0.815. The lowest BCUT2D eigenvalue weighted by atomic mass is 10.1. The van der Waals surface area contributed by atoms with E-state index in [1.807, 2.05) is 36.4 Å². The van der Waals surface area contributed by atoms with Crippen LogP contribution in [0.2, 0.25) is 5.02 Å². The van der Waals surface area contributed by atoms with Gasteiger partial charge in [0.25, 0.3) is 0 Å². The average molecular weight is 358 g/mol. The van der Waals surface area contributed by atoms with Gasteiger partial charge in [-0.15, -0.1) is 0 Å². The van der Waals surface area contributed by atoms with Gasteiger partial charge in [-0.2, -0.15) is 0 Å². The minimum absolute atomic E-state index is 0.262. The van der Waals surface area contributed by atoms with Crippen molar-refractivity contribution in [2.75, 3.05) is 6.61 Å². The highest BCUT2D eigenvalue weighted by atomic mass is 35.5. The fourth-order valence-corrected chi connectivity index (χ4v) is 2.49. The van der Waals surface area contributed by atoms with Crippen LogP contribution in [0.4, 0.5) is 0 Å². The second kappa shape index (κ2) is 9.64. The van der Waals surface area contributed by atoms with Crippen LogP contribution < -0.4 is 5.32 Å². The maximum atomic E-state index is 12.2. The molecule has 130 valence electrons. The number of hydrogen-bond acceptors (Lipinski definition) is 3. The number of carbonyl (C=O) groups excluding carboxylic acids is 2. The van der Waals surface area contributed by atoms with Crippen molar-refractivity contribution >= 4 is 29.6 Å². The average Bonchev–Trinajstić information content (AvgIpc) is 2.60. The number of carbonyl (C=O) groups is 2. The van der Waals surface area contributed by atoms with E-state index in [0.29, 0.717) is 11.4 Å². The molecule has 2 aromatic rings. The smallest absolute Gasteiger partial charge is 0.328 e. The van der Waals surface area contributed by atoms with Crippen LogP contribution >= 0.6 is 11.6 Å². The van der Waals surface area contributed by atoms with E-state index in [2.05, 4.69) is 5.32 Å². The van der Waals surface area contributed by atoms with Crippen LogP contribution in [-0.4, -0.2) is 24.5 Å². The van der Waals surface area contributed by atoms with Gasteiger partial charge in [-0.25, -0.2) is 4.79 Å². The molecule has 0 aliphatic rings. The Balaban J connectivity index is 2.04. The van der Waals surface area contributed by atoms with Gasteiger partial charge in [0.15, 0.2) is 0 Å². The van der Waals surface area contributed by atoms with Crippen LogP contribution in [0, 0.1) is 0 Å². The van der Waals surface area contributed by atoms with Crippen molar-refractivity contribution in [2.24, 2.45) is 0 Å². The Bertz CT molecular complexity index is 744. The van der Waals surface area contributed by atoms with Gasteiger partial charge in [-0.3, -0.25) is 4.79 Å². The van der Waals surface area contributed by atoms with Crippen molar-refractivity contribution in [1.82, 2.24) is 5.32 Å². The maximum Gasteiger partial charge on any atom is 0.328 e. The Labute approximate surface area is 152 Å². The number of rotatable bonds is 7. The Kier molecular flexibility index (Phi) is 7.23. The van der Waals surface area contributed by atoms with Crippen LogP contribution in [0.1, 0.15) is 18.1 Å². The van der Waals surface area contributed by atoms with Crippen molar-refractivity contribution in [1.29, 1.82) is 0 Å². The first kappa shape index (κ1) is 18.7. The highest BCUT2D eigenvalue weighted by molar-refractivity contribution is 6.30. The quantitative estimate of drug-likeness (QED) is 0.608. The SMILES string of the molecule is CCOC(=O)C(Cc1ccccc1)NC(=O)C=Cc1cccc(Cl)c1. The molecule has 2 rings (SSSR count). The second-order valence-electron chi connectivity index (χ2n) is 5.39. The molecule has 0 radical (unpaired) electrons. The molecular weight excluding hydrogens is 338 g/mol. The lowest BCUT2D eigenvalue weighted by Gasteiger charge is -2.16. The Morgan fingerprint density at radius 1 is 1.16 bits per heavy atom. The summed E-state index contributed by atoms with van der Waals surface area (Å²) in [7, 11) is 0. The highest BCUT2D eigenvalue weighted by Crippen LogP contribution is 2.12. The van der Waals surface area contributed by atoms with E-state index in [1.54, 1.807) is 31.2 Å². The molecule has 0 bridgehead atoms. The number of amides is 1. The van der Waals surface area contributed by atoms with E-state index in [4.69, 9.17) is 16.3 Å². The summed E-state index contributed by atoms with van der Waals surface area (Å²) in [6.07, 6.45) is 3.39. The Hall–Kier alpha value is -2.59. The monoisotopic (exact) mass is 357 g/mol. The number of nitrogens with one attached hydrogen (secondary N) is 1. The molecule has 0 saturated carbocycles. The van der Waals surface area contributed by atoms with Crippen molar-refractivity contribution < 1.29 is 14.3 Å². The number of ether oxygens (including phenoxy) is 1. The molecule has 0 fully saturated rings. The van der Waals surface area contributed by atoms with E-state index in [1.165, 1.54) is 6.08 Å². The van der Waals surface area contributed by atoms with Crippen molar-refractivity contribution in [2.45, 2.75) is 19.4 Å². The molecule has 0 aromatic heterocycles. The number of hydrogen-bond donors (Lipinski definition) is 1. The van der Waals surface area contributed by atoms with E-state index < -0.39 is 12.0 Å². The summed E-state index contributed by atoms with van der Waals surface area (Å²) >= 11 is 5.92. The Morgan fingerprint density at radius 2 is 1.92 bits per heavy atom. The summed E-state index contributed by atoms with van der Waals surface area (Å²) in [5, 5.41) is 3.30. The summed E-state index contributed by atoms with van der Waals surface area (Å²) in [4.78, 5) is 24.3. The molecule has 0 heterocycles. The van der Waals surface area contributed by atoms with Crippen LogP contribution in [-0.2, 0) is 20.7 Å². The fraction of sp³-hybridized carbons (Fsp3) is 0.200. The molecule has 0 aliphatic carbocycles. The molecule has 5 heteroatoms. The van der Waals surface area contributed by atoms with Gasteiger partial charge in [0.2, 0.25) is 5.91 Å². The maximum absolute atomic E-state index is 12.2. The van der Waals surface area contributed by atoms with E-state index in [0.717, 1.165) is 11.1 Å². The molecule has 0 aliphatic heterocycles. The van der Waals surface area contributed by atoms with Crippen LogP contribution in [0.15, 0.2) is 60.7 Å². The fourth-order valence-electron chi connectivity index (χ4n) is 2.29. The highest BCUT2D eigenvalue weighted by Gasteiger charge is 2.21. The van der Waals surface area contributed by atoms with Gasteiger partial charge in [0.1, 0.15) is 6.04 Å². The largest absolute Gasteiger partial charge is 0.464 e. The first-order valence-corrected chi connectivity index (χ1v) is 8.41. The summed E-state index contributed by atoms with van der Waals surface area (Å²) in [6.45, 7) is 2.00. The molecule has 1 amide bonds. The second-order valence-corrected chi connectivity index (χ2v) is 5.83. The van der Waals surface area contributed by atoms with Gasteiger partial charge in [-0.05, 0) is 36.3 Å². The number of esters is 1. The normalized spacial score (nSPS) is 11.9. The molecule has 4 nitrogen and oxygen atoms in total. The third-order valence-electron chi connectivity index (χ3n) is 3.45. The molecule has 1 unspecified atom stereocenters. The Morgan fingerprint density at radius 3 is 2.60 bits per heavy atom. The number of halogens is 1. The third-order valence-corrected chi connectivity index (χ3v) is 3.68. The third kappa shape index (κ3) is 6.43. The standard InChI is InChI=1S/C20H20ClNO3/c1-2-25-20(24)18(14-15-7-4-3-5-8-15)22-19(23)12-11-16-9-6-10-17(21)13-16/h3-13,18H,2,14H2,1H3,(H,22,23). The zero-order valence-electron chi connectivity index (χ0n) is 13.9. The van der Waals surface area contributed by atoms with Gasteiger partial charge in [-0.1, -0.05) is 54.1 Å². The van der Waals surface area contributed by atoms with Gasteiger partial charge < -0.3 is 10.1 Å². The lowest BCUT2D eigenvalue weighted by molar-refractivity contribution is -0.146. The lowest BCUT2D eigenvalue weighted by Crippen LogP contribution is -2.42. The molecule has 0 saturated heterocycles. The minimum atomic E-state index is -0.737. The molecular formula is C20H20ClNO3. The van der Waals surface area contributed by atoms with Gasteiger partial charge in [0, 0.05) is 17.5 Å². The minimum Gasteiger partial charge on any atom is -0.464 e. The van der Waals surface area contributed by atoms with Crippen molar-refractivity contribution in [3.63, 3.8) is 0 Å². The van der Waals surface area contributed by atoms with E-state index in [9.17, 15) is 9.59 Å². The summed E-state index contributed by atoms with van der Waals surface area (Å²) < 4.78 is 5.06.